The average molecular weight is 298 g/mol. The SMILES string of the molecule is COc1ccc(CCCCCc2ccccc2)nc1C=NO. The summed E-state index contributed by atoms with van der Waals surface area (Å²) in [4.78, 5) is 4.45. The Balaban J connectivity index is 1.78. The molecule has 0 atom stereocenters. The normalized spacial score (nSPS) is 11.0. The highest BCUT2D eigenvalue weighted by Crippen LogP contribution is 2.16. The summed E-state index contributed by atoms with van der Waals surface area (Å²) in [5.41, 5.74) is 2.95. The summed E-state index contributed by atoms with van der Waals surface area (Å²) in [6, 6.07) is 14.4. The van der Waals surface area contributed by atoms with Gasteiger partial charge in [-0.2, -0.15) is 0 Å². The molecule has 0 radical (unpaired) electrons. The number of hydrogen-bond donors (Lipinski definition) is 1. The minimum atomic E-state index is 0.562. The van der Waals surface area contributed by atoms with Crippen LogP contribution < -0.4 is 4.74 Å². The van der Waals surface area contributed by atoms with E-state index in [0.29, 0.717) is 11.4 Å². The molecule has 0 saturated heterocycles. The van der Waals surface area contributed by atoms with Gasteiger partial charge in [0.05, 0.1) is 13.3 Å². The molecule has 1 aromatic heterocycles. The second-order valence-corrected chi connectivity index (χ2v) is 5.18. The fourth-order valence-electron chi connectivity index (χ4n) is 2.42. The molecule has 22 heavy (non-hydrogen) atoms. The van der Waals surface area contributed by atoms with Gasteiger partial charge in [0.15, 0.2) is 0 Å². The molecule has 0 aliphatic heterocycles. The Bertz CT molecular complexity index is 597. The van der Waals surface area contributed by atoms with Gasteiger partial charge in [-0.15, -0.1) is 0 Å². The van der Waals surface area contributed by atoms with E-state index in [-0.39, 0.29) is 0 Å². The first-order valence-electron chi connectivity index (χ1n) is 7.58. The van der Waals surface area contributed by atoms with Crippen LogP contribution in [0.1, 0.15) is 36.2 Å². The summed E-state index contributed by atoms with van der Waals surface area (Å²) in [6.45, 7) is 0. The van der Waals surface area contributed by atoms with E-state index in [1.807, 2.05) is 18.2 Å². The summed E-state index contributed by atoms with van der Waals surface area (Å²) < 4.78 is 5.18. The van der Waals surface area contributed by atoms with Crippen molar-refractivity contribution < 1.29 is 9.94 Å². The number of aryl methyl sites for hydroxylation is 2. The van der Waals surface area contributed by atoms with Gasteiger partial charge in [0, 0.05) is 5.69 Å². The molecule has 2 rings (SSSR count). The number of nitrogens with zero attached hydrogens (tertiary/aromatic N) is 2. The van der Waals surface area contributed by atoms with Gasteiger partial charge in [-0.1, -0.05) is 41.9 Å². The highest BCUT2D eigenvalue weighted by atomic mass is 16.5. The van der Waals surface area contributed by atoms with Crippen LogP contribution in [0, 0.1) is 0 Å². The van der Waals surface area contributed by atoms with E-state index < -0.39 is 0 Å². The number of unbranched alkanes of at least 4 members (excludes halogenated alkanes) is 2. The van der Waals surface area contributed by atoms with Gasteiger partial charge in [0.2, 0.25) is 0 Å². The number of rotatable bonds is 8. The van der Waals surface area contributed by atoms with Gasteiger partial charge < -0.3 is 9.94 Å². The van der Waals surface area contributed by atoms with E-state index in [2.05, 4.69) is 34.4 Å². The predicted molar refractivity (Wildman–Crippen MR) is 87.9 cm³/mol. The van der Waals surface area contributed by atoms with Crippen molar-refractivity contribution in [3.05, 3.63) is 59.4 Å². The van der Waals surface area contributed by atoms with Crippen LogP contribution in [0.5, 0.6) is 5.75 Å². The molecule has 0 aliphatic carbocycles. The van der Waals surface area contributed by atoms with Crippen molar-refractivity contribution in [1.29, 1.82) is 0 Å². The zero-order valence-corrected chi connectivity index (χ0v) is 12.9. The lowest BCUT2D eigenvalue weighted by atomic mass is 10.1. The van der Waals surface area contributed by atoms with Crippen molar-refractivity contribution in [3.8, 4) is 5.75 Å². The van der Waals surface area contributed by atoms with Crippen LogP contribution in [0.2, 0.25) is 0 Å². The number of ether oxygens (including phenoxy) is 1. The Hall–Kier alpha value is -2.36. The van der Waals surface area contributed by atoms with Crippen LogP contribution in [0.3, 0.4) is 0 Å². The van der Waals surface area contributed by atoms with E-state index in [0.717, 1.165) is 25.0 Å². The molecule has 0 unspecified atom stereocenters. The Labute approximate surface area is 131 Å². The van der Waals surface area contributed by atoms with E-state index in [4.69, 9.17) is 9.94 Å². The van der Waals surface area contributed by atoms with Crippen molar-refractivity contribution in [2.75, 3.05) is 7.11 Å². The van der Waals surface area contributed by atoms with Crippen LogP contribution in [0.15, 0.2) is 47.6 Å². The Morgan fingerprint density at radius 3 is 2.55 bits per heavy atom. The summed E-state index contributed by atoms with van der Waals surface area (Å²) in [7, 11) is 1.58. The Morgan fingerprint density at radius 2 is 1.82 bits per heavy atom. The minimum absolute atomic E-state index is 0.562. The lowest BCUT2D eigenvalue weighted by molar-refractivity contribution is 0.321. The molecule has 1 N–H and O–H groups in total. The van der Waals surface area contributed by atoms with Gasteiger partial charge in [-0.3, -0.25) is 0 Å². The van der Waals surface area contributed by atoms with Crippen molar-refractivity contribution in [2.24, 2.45) is 5.16 Å². The largest absolute Gasteiger partial charge is 0.494 e. The third-order valence-corrected chi connectivity index (χ3v) is 3.58. The molecule has 0 amide bonds. The maximum atomic E-state index is 8.66. The molecule has 0 saturated carbocycles. The maximum absolute atomic E-state index is 8.66. The van der Waals surface area contributed by atoms with E-state index in [9.17, 15) is 0 Å². The second-order valence-electron chi connectivity index (χ2n) is 5.18. The van der Waals surface area contributed by atoms with Gasteiger partial charge in [0.25, 0.3) is 0 Å². The van der Waals surface area contributed by atoms with Crippen molar-refractivity contribution in [3.63, 3.8) is 0 Å². The third-order valence-electron chi connectivity index (χ3n) is 3.58. The van der Waals surface area contributed by atoms with Crippen LogP contribution in [0.25, 0.3) is 0 Å². The van der Waals surface area contributed by atoms with Crippen LogP contribution >= 0.6 is 0 Å². The first-order chi connectivity index (χ1) is 10.8. The topological polar surface area (TPSA) is 54.7 Å². The molecule has 116 valence electrons. The molecular formula is C18H22N2O2. The summed E-state index contributed by atoms with van der Waals surface area (Å²) in [5, 5.41) is 11.7. The third kappa shape index (κ3) is 4.88. The smallest absolute Gasteiger partial charge is 0.146 e. The lowest BCUT2D eigenvalue weighted by Gasteiger charge is -2.06. The Kier molecular flexibility index (Phi) is 6.42. The molecule has 0 fully saturated rings. The first kappa shape index (κ1) is 16.0. The molecule has 2 aromatic rings. The molecule has 1 heterocycles. The van der Waals surface area contributed by atoms with E-state index >= 15 is 0 Å². The number of hydrogen-bond acceptors (Lipinski definition) is 4. The first-order valence-corrected chi connectivity index (χ1v) is 7.58. The zero-order chi connectivity index (χ0) is 15.6. The average Bonchev–Trinajstić information content (AvgIpc) is 2.56. The number of aromatic nitrogens is 1. The number of benzene rings is 1. The standard InChI is InChI=1S/C18H22N2O2/c1-22-18-13-12-16(20-17(18)14-19-21)11-7-3-6-10-15-8-4-2-5-9-15/h2,4-5,8-9,12-14,21H,3,6-7,10-11H2,1H3. The molecule has 0 aliphatic rings. The fraction of sp³-hybridized carbons (Fsp3) is 0.333. The number of pyridine rings is 1. The van der Waals surface area contributed by atoms with Gasteiger partial charge in [0.1, 0.15) is 11.4 Å². The Morgan fingerprint density at radius 1 is 1.05 bits per heavy atom. The van der Waals surface area contributed by atoms with Crippen LogP contribution in [0.4, 0.5) is 0 Å². The van der Waals surface area contributed by atoms with Crippen molar-refractivity contribution >= 4 is 6.21 Å². The highest BCUT2D eigenvalue weighted by molar-refractivity contribution is 5.80. The molecular weight excluding hydrogens is 276 g/mol. The summed E-state index contributed by atoms with van der Waals surface area (Å²) in [6.07, 6.45) is 6.81. The quantitative estimate of drug-likeness (QED) is 0.348. The summed E-state index contributed by atoms with van der Waals surface area (Å²) >= 11 is 0. The van der Waals surface area contributed by atoms with Crippen molar-refractivity contribution in [2.45, 2.75) is 32.1 Å². The van der Waals surface area contributed by atoms with Crippen LogP contribution in [-0.2, 0) is 12.8 Å². The van der Waals surface area contributed by atoms with E-state index in [1.54, 1.807) is 7.11 Å². The summed E-state index contributed by atoms with van der Waals surface area (Å²) in [5.74, 6) is 0.616. The van der Waals surface area contributed by atoms with E-state index in [1.165, 1.54) is 24.6 Å². The lowest BCUT2D eigenvalue weighted by Crippen LogP contribution is -1.99. The monoisotopic (exact) mass is 298 g/mol. The van der Waals surface area contributed by atoms with Gasteiger partial charge in [-0.05, 0) is 43.4 Å². The van der Waals surface area contributed by atoms with Gasteiger partial charge >= 0.3 is 0 Å². The molecule has 1 aromatic carbocycles. The molecule has 4 nitrogen and oxygen atoms in total. The second kappa shape index (κ2) is 8.82. The predicted octanol–water partition coefficient (Wildman–Crippen LogP) is 3.85. The highest BCUT2D eigenvalue weighted by Gasteiger charge is 2.04. The minimum Gasteiger partial charge on any atom is -0.494 e. The number of methoxy groups -OCH3 is 1. The fourth-order valence-corrected chi connectivity index (χ4v) is 2.42. The maximum Gasteiger partial charge on any atom is 0.146 e. The van der Waals surface area contributed by atoms with Crippen molar-refractivity contribution in [1.82, 2.24) is 4.98 Å². The molecule has 4 heteroatoms. The molecule has 0 spiro atoms. The number of oxime groups is 1. The molecule has 0 bridgehead atoms. The zero-order valence-electron chi connectivity index (χ0n) is 12.9. The van der Waals surface area contributed by atoms with Gasteiger partial charge in [-0.25, -0.2) is 4.98 Å². The van der Waals surface area contributed by atoms with Crippen LogP contribution in [-0.4, -0.2) is 23.5 Å².